The van der Waals surface area contributed by atoms with Crippen molar-refractivity contribution in [1.29, 1.82) is 0 Å². The van der Waals surface area contributed by atoms with Gasteiger partial charge in [-0.15, -0.1) is 24.0 Å². The van der Waals surface area contributed by atoms with Gasteiger partial charge in [0.2, 0.25) is 0 Å². The third-order valence-electron chi connectivity index (χ3n) is 4.15. The van der Waals surface area contributed by atoms with Crippen LogP contribution in [0.5, 0.6) is 5.75 Å². The van der Waals surface area contributed by atoms with Gasteiger partial charge in [-0.05, 0) is 24.6 Å². The summed E-state index contributed by atoms with van der Waals surface area (Å²) in [5, 5.41) is 3.22. The van der Waals surface area contributed by atoms with Crippen LogP contribution in [0.4, 0.5) is 0 Å². The van der Waals surface area contributed by atoms with Gasteiger partial charge in [-0.2, -0.15) is 0 Å². The van der Waals surface area contributed by atoms with Gasteiger partial charge in [0, 0.05) is 32.7 Å². The number of para-hydroxylation sites is 1. The van der Waals surface area contributed by atoms with Crippen LogP contribution in [0.2, 0.25) is 0 Å². The highest BCUT2D eigenvalue weighted by Crippen LogP contribution is 2.18. The van der Waals surface area contributed by atoms with E-state index in [9.17, 15) is 8.42 Å². The summed E-state index contributed by atoms with van der Waals surface area (Å²) in [6.45, 7) is 1.15. The maximum Gasteiger partial charge on any atom is 0.193 e. The zero-order chi connectivity index (χ0) is 19.7. The van der Waals surface area contributed by atoms with E-state index in [1.807, 2.05) is 42.3 Å². The van der Waals surface area contributed by atoms with E-state index >= 15 is 0 Å². The number of benzene rings is 2. The summed E-state index contributed by atoms with van der Waals surface area (Å²) < 4.78 is 30.0. The fourth-order valence-corrected chi connectivity index (χ4v) is 4.09. The van der Waals surface area contributed by atoms with E-state index in [-0.39, 0.29) is 29.7 Å². The van der Waals surface area contributed by atoms with Crippen molar-refractivity contribution in [2.24, 2.45) is 4.99 Å². The van der Waals surface area contributed by atoms with Crippen molar-refractivity contribution in [3.05, 3.63) is 60.2 Å². The minimum absolute atomic E-state index is 0. The maximum absolute atomic E-state index is 12.3. The van der Waals surface area contributed by atoms with E-state index < -0.39 is 9.84 Å². The fourth-order valence-electron chi connectivity index (χ4n) is 2.76. The van der Waals surface area contributed by atoms with E-state index in [0.29, 0.717) is 30.4 Å². The van der Waals surface area contributed by atoms with Crippen LogP contribution in [0.1, 0.15) is 12.0 Å². The van der Waals surface area contributed by atoms with E-state index in [2.05, 4.69) is 10.3 Å². The normalized spacial score (nSPS) is 11.5. The molecule has 0 aliphatic carbocycles. The molecule has 8 heteroatoms. The van der Waals surface area contributed by atoms with Crippen molar-refractivity contribution in [3.8, 4) is 5.75 Å². The van der Waals surface area contributed by atoms with Gasteiger partial charge in [0.25, 0.3) is 0 Å². The Balaban J connectivity index is 0.00000392. The first-order valence-electron chi connectivity index (χ1n) is 8.79. The van der Waals surface area contributed by atoms with Gasteiger partial charge in [-0.25, -0.2) is 8.42 Å². The molecule has 0 spiro atoms. The summed E-state index contributed by atoms with van der Waals surface area (Å²) in [7, 11) is 2.04. The lowest BCUT2D eigenvalue weighted by Crippen LogP contribution is -2.39. The molecule has 0 atom stereocenters. The average molecular weight is 517 g/mol. The predicted octanol–water partition coefficient (Wildman–Crippen LogP) is 3.18. The summed E-state index contributed by atoms with van der Waals surface area (Å²) in [6.07, 6.45) is 0.499. The minimum atomic E-state index is -3.25. The highest BCUT2D eigenvalue weighted by molar-refractivity contribution is 14.0. The van der Waals surface area contributed by atoms with Crippen LogP contribution in [0.25, 0.3) is 0 Å². The number of methoxy groups -OCH3 is 1. The Hall–Kier alpha value is -1.81. The molecule has 154 valence electrons. The Morgan fingerprint density at radius 1 is 1.11 bits per heavy atom. The van der Waals surface area contributed by atoms with Crippen molar-refractivity contribution < 1.29 is 13.2 Å². The molecule has 0 unspecified atom stereocenters. The smallest absolute Gasteiger partial charge is 0.193 e. The standard InChI is InChI=1S/C20H27N3O3S.HI/c1-21-20(23(2)16-17-10-7-8-13-19(17)26-3)22-14-9-15-27(24,25)18-11-5-4-6-12-18;/h4-8,10-13H,9,14-16H2,1-3H3,(H,21,22);1H. The average Bonchev–Trinajstić information content (AvgIpc) is 2.69. The highest BCUT2D eigenvalue weighted by Gasteiger charge is 2.14. The summed E-state index contributed by atoms with van der Waals surface area (Å²) in [4.78, 5) is 6.61. The number of nitrogens with zero attached hydrogens (tertiary/aromatic N) is 2. The molecular weight excluding hydrogens is 489 g/mol. The summed E-state index contributed by atoms with van der Waals surface area (Å²) in [6, 6.07) is 16.4. The zero-order valence-corrected chi connectivity index (χ0v) is 19.6. The molecule has 0 amide bonds. The molecule has 0 radical (unpaired) electrons. The Bertz CT molecular complexity index is 858. The number of hydrogen-bond donors (Lipinski definition) is 1. The molecule has 2 aromatic rings. The van der Waals surface area contributed by atoms with Gasteiger partial charge in [0.15, 0.2) is 15.8 Å². The molecule has 0 saturated heterocycles. The number of aliphatic imine (C=N–C) groups is 1. The number of sulfone groups is 1. The third kappa shape index (κ3) is 6.97. The number of rotatable bonds is 8. The van der Waals surface area contributed by atoms with Crippen LogP contribution in [-0.4, -0.2) is 52.8 Å². The first kappa shape index (κ1) is 24.2. The molecule has 0 aliphatic rings. The molecule has 0 saturated carbocycles. The second-order valence-corrected chi connectivity index (χ2v) is 8.24. The molecule has 0 aliphatic heterocycles. The first-order valence-corrected chi connectivity index (χ1v) is 10.4. The van der Waals surface area contributed by atoms with E-state index in [1.165, 1.54) is 0 Å². The highest BCUT2D eigenvalue weighted by atomic mass is 127. The van der Waals surface area contributed by atoms with Crippen molar-refractivity contribution in [1.82, 2.24) is 10.2 Å². The largest absolute Gasteiger partial charge is 0.496 e. The molecule has 0 bridgehead atoms. The van der Waals surface area contributed by atoms with Crippen molar-refractivity contribution in [2.45, 2.75) is 17.9 Å². The van der Waals surface area contributed by atoms with Gasteiger partial charge in [0.1, 0.15) is 5.75 Å². The number of nitrogens with one attached hydrogen (secondary N) is 1. The number of hydrogen-bond acceptors (Lipinski definition) is 4. The Labute approximate surface area is 184 Å². The van der Waals surface area contributed by atoms with Gasteiger partial charge in [-0.3, -0.25) is 4.99 Å². The van der Waals surface area contributed by atoms with Crippen LogP contribution in [-0.2, 0) is 16.4 Å². The number of guanidine groups is 1. The van der Waals surface area contributed by atoms with Crippen LogP contribution in [0, 0.1) is 0 Å². The first-order chi connectivity index (χ1) is 13.0. The predicted molar refractivity (Wildman–Crippen MR) is 124 cm³/mol. The molecule has 0 fully saturated rings. The van der Waals surface area contributed by atoms with E-state index in [1.54, 1.807) is 38.4 Å². The van der Waals surface area contributed by atoms with Crippen molar-refractivity contribution >= 4 is 39.8 Å². The van der Waals surface area contributed by atoms with Gasteiger partial charge < -0.3 is 15.0 Å². The summed E-state index contributed by atoms with van der Waals surface area (Å²) >= 11 is 0. The van der Waals surface area contributed by atoms with E-state index in [0.717, 1.165) is 11.3 Å². The van der Waals surface area contributed by atoms with Crippen LogP contribution in [0.3, 0.4) is 0 Å². The van der Waals surface area contributed by atoms with Crippen molar-refractivity contribution in [2.75, 3.05) is 33.5 Å². The molecule has 1 N–H and O–H groups in total. The fraction of sp³-hybridized carbons (Fsp3) is 0.350. The number of halogens is 1. The molecule has 0 aromatic heterocycles. The van der Waals surface area contributed by atoms with Gasteiger partial charge in [0.05, 0.1) is 17.8 Å². The lowest BCUT2D eigenvalue weighted by molar-refractivity contribution is 0.396. The molecule has 2 aromatic carbocycles. The van der Waals surface area contributed by atoms with Crippen molar-refractivity contribution in [3.63, 3.8) is 0 Å². The molecule has 28 heavy (non-hydrogen) atoms. The third-order valence-corrected chi connectivity index (χ3v) is 5.97. The molecular formula is C20H28IN3O3S. The second-order valence-electron chi connectivity index (χ2n) is 6.13. The zero-order valence-electron chi connectivity index (χ0n) is 16.5. The summed E-state index contributed by atoms with van der Waals surface area (Å²) in [5.41, 5.74) is 1.05. The van der Waals surface area contributed by atoms with Crippen LogP contribution >= 0.6 is 24.0 Å². The SMILES string of the molecule is CN=C(NCCCS(=O)(=O)c1ccccc1)N(C)Cc1ccccc1OC.I. The Morgan fingerprint density at radius 2 is 1.75 bits per heavy atom. The summed E-state index contributed by atoms with van der Waals surface area (Å²) in [5.74, 6) is 1.63. The monoisotopic (exact) mass is 517 g/mol. The van der Waals surface area contributed by atoms with Crippen LogP contribution in [0.15, 0.2) is 64.5 Å². The van der Waals surface area contributed by atoms with E-state index in [4.69, 9.17) is 4.74 Å². The lowest BCUT2D eigenvalue weighted by atomic mass is 10.2. The Morgan fingerprint density at radius 3 is 2.39 bits per heavy atom. The maximum atomic E-state index is 12.3. The molecule has 2 rings (SSSR count). The Kier molecular flexibility index (Phi) is 10.3. The lowest BCUT2D eigenvalue weighted by Gasteiger charge is -2.23. The molecule has 6 nitrogen and oxygen atoms in total. The van der Waals surface area contributed by atoms with Crippen LogP contribution < -0.4 is 10.1 Å². The minimum Gasteiger partial charge on any atom is -0.496 e. The molecule has 0 heterocycles. The number of ether oxygens (including phenoxy) is 1. The second kappa shape index (κ2) is 11.9. The topological polar surface area (TPSA) is 71.0 Å². The van der Waals surface area contributed by atoms with Gasteiger partial charge in [-0.1, -0.05) is 36.4 Å². The quantitative estimate of drug-likeness (QED) is 0.252. The van der Waals surface area contributed by atoms with Gasteiger partial charge >= 0.3 is 0 Å².